The Morgan fingerprint density at radius 2 is 2.08 bits per heavy atom. The predicted molar refractivity (Wildman–Crippen MR) is 105 cm³/mol. The number of amides is 1. The molecule has 0 saturated carbocycles. The molecule has 4 nitrogen and oxygen atoms in total. The molecule has 0 spiro atoms. The number of morpholine rings is 1. The van der Waals surface area contributed by atoms with Gasteiger partial charge in [0.15, 0.2) is 0 Å². The van der Waals surface area contributed by atoms with Crippen molar-refractivity contribution in [3.8, 4) is 0 Å². The Kier molecular flexibility index (Phi) is 6.28. The Balaban J connectivity index is 1.58. The quantitative estimate of drug-likeness (QED) is 0.729. The van der Waals surface area contributed by atoms with Gasteiger partial charge in [-0.1, -0.05) is 12.1 Å². The van der Waals surface area contributed by atoms with Gasteiger partial charge in [0.2, 0.25) is 0 Å². The highest BCUT2D eigenvalue weighted by atomic mass is 79.9. The molecule has 25 heavy (non-hydrogen) atoms. The van der Waals surface area contributed by atoms with Crippen molar-refractivity contribution in [3.63, 3.8) is 0 Å². The summed E-state index contributed by atoms with van der Waals surface area (Å²) in [6.07, 6.45) is 0.292. The second-order valence-corrected chi connectivity index (χ2v) is 9.03. The molecule has 134 valence electrons. The first kappa shape index (κ1) is 18.6. The summed E-state index contributed by atoms with van der Waals surface area (Å²) < 4.78 is 6.67. The molecule has 2 aromatic rings. The van der Waals surface area contributed by atoms with E-state index in [0.717, 1.165) is 35.6 Å². The van der Waals surface area contributed by atoms with Crippen LogP contribution >= 0.6 is 27.3 Å². The lowest BCUT2D eigenvalue weighted by Gasteiger charge is -2.31. The van der Waals surface area contributed by atoms with Crippen molar-refractivity contribution in [2.24, 2.45) is 0 Å². The van der Waals surface area contributed by atoms with Crippen molar-refractivity contribution in [2.75, 3.05) is 26.7 Å². The number of ether oxygens (including phenoxy) is 1. The Hall–Kier alpha value is -1.21. The third kappa shape index (κ3) is 5.14. The number of hydrogen-bond acceptors (Lipinski definition) is 4. The molecule has 1 aliphatic rings. The van der Waals surface area contributed by atoms with Crippen molar-refractivity contribution in [3.05, 3.63) is 56.2 Å². The second-order valence-electron chi connectivity index (χ2n) is 6.48. The number of carbonyl (C=O) groups is 1. The smallest absolute Gasteiger partial charge is 0.253 e. The summed E-state index contributed by atoms with van der Waals surface area (Å²) in [7, 11) is 1.85. The molecule has 0 bridgehead atoms. The molecule has 0 N–H and O–H groups in total. The number of carbonyl (C=O) groups excluding carboxylic acids is 1. The third-order valence-electron chi connectivity index (χ3n) is 4.30. The van der Waals surface area contributed by atoms with Gasteiger partial charge in [-0.2, -0.15) is 0 Å². The van der Waals surface area contributed by atoms with Gasteiger partial charge in [0.25, 0.3) is 5.91 Å². The van der Waals surface area contributed by atoms with Crippen LogP contribution < -0.4 is 0 Å². The third-order valence-corrected chi connectivity index (χ3v) is 5.91. The number of benzene rings is 1. The number of nitrogens with zero attached hydrogens (tertiary/aromatic N) is 2. The summed E-state index contributed by atoms with van der Waals surface area (Å²) in [5.41, 5.74) is 1.97. The van der Waals surface area contributed by atoms with Gasteiger partial charge in [-0.15, -0.1) is 11.3 Å². The van der Waals surface area contributed by atoms with Crippen LogP contribution in [0.2, 0.25) is 0 Å². The van der Waals surface area contributed by atoms with Gasteiger partial charge < -0.3 is 9.64 Å². The Morgan fingerprint density at radius 3 is 2.72 bits per heavy atom. The van der Waals surface area contributed by atoms with Gasteiger partial charge in [-0.25, -0.2) is 0 Å². The van der Waals surface area contributed by atoms with E-state index in [1.165, 1.54) is 10.4 Å². The van der Waals surface area contributed by atoms with Gasteiger partial charge >= 0.3 is 0 Å². The van der Waals surface area contributed by atoms with Crippen LogP contribution in [0.15, 0.2) is 40.2 Å². The van der Waals surface area contributed by atoms with Crippen LogP contribution in [0.4, 0.5) is 0 Å². The van der Waals surface area contributed by atoms with Gasteiger partial charge in [-0.05, 0) is 52.7 Å². The van der Waals surface area contributed by atoms with E-state index in [2.05, 4.69) is 39.9 Å². The van der Waals surface area contributed by atoms with Crippen molar-refractivity contribution >= 4 is 33.2 Å². The van der Waals surface area contributed by atoms with Crippen LogP contribution in [0.25, 0.3) is 0 Å². The molecular formula is C19H23BrN2O2S. The monoisotopic (exact) mass is 422 g/mol. The lowest BCUT2D eigenvalue weighted by molar-refractivity contribution is -0.0212. The SMILES string of the molecule is C[C@@H]1CN(Cc2ccc(C(=O)N(C)Cc3ccc(Br)s3)cc2)CCO1. The van der Waals surface area contributed by atoms with Crippen molar-refractivity contribution < 1.29 is 9.53 Å². The normalized spacial score (nSPS) is 18.3. The average Bonchev–Trinajstić information content (AvgIpc) is 3.00. The molecule has 0 aliphatic carbocycles. The van der Waals surface area contributed by atoms with E-state index >= 15 is 0 Å². The first-order valence-electron chi connectivity index (χ1n) is 8.44. The predicted octanol–water partition coefficient (Wildman–Crippen LogP) is 4.00. The largest absolute Gasteiger partial charge is 0.376 e. The van der Waals surface area contributed by atoms with E-state index < -0.39 is 0 Å². The fraction of sp³-hybridized carbons (Fsp3) is 0.421. The Morgan fingerprint density at radius 1 is 1.32 bits per heavy atom. The summed E-state index contributed by atoms with van der Waals surface area (Å²) in [5.74, 6) is 0.0519. The van der Waals surface area contributed by atoms with E-state index in [0.29, 0.717) is 12.6 Å². The fourth-order valence-electron chi connectivity index (χ4n) is 3.01. The molecule has 0 unspecified atom stereocenters. The molecule has 1 saturated heterocycles. The van der Waals surface area contributed by atoms with Crippen molar-refractivity contribution in [2.45, 2.75) is 26.1 Å². The molecule has 1 amide bonds. The molecule has 2 heterocycles. The van der Waals surface area contributed by atoms with Crippen LogP contribution in [0.1, 0.15) is 27.7 Å². The highest BCUT2D eigenvalue weighted by Gasteiger charge is 2.17. The molecular weight excluding hydrogens is 400 g/mol. The highest BCUT2D eigenvalue weighted by Crippen LogP contribution is 2.23. The second kappa shape index (κ2) is 8.45. The maximum atomic E-state index is 12.6. The van der Waals surface area contributed by atoms with E-state index in [9.17, 15) is 4.79 Å². The topological polar surface area (TPSA) is 32.8 Å². The lowest BCUT2D eigenvalue weighted by atomic mass is 10.1. The van der Waals surface area contributed by atoms with Crippen LogP contribution in [0.5, 0.6) is 0 Å². The fourth-order valence-corrected chi connectivity index (χ4v) is 4.54. The zero-order valence-electron chi connectivity index (χ0n) is 14.6. The lowest BCUT2D eigenvalue weighted by Crippen LogP contribution is -2.40. The maximum Gasteiger partial charge on any atom is 0.253 e. The summed E-state index contributed by atoms with van der Waals surface area (Å²) in [4.78, 5) is 17.9. The zero-order valence-corrected chi connectivity index (χ0v) is 17.0. The first-order chi connectivity index (χ1) is 12.0. The van der Waals surface area contributed by atoms with E-state index in [1.54, 1.807) is 16.2 Å². The molecule has 1 fully saturated rings. The minimum atomic E-state index is 0.0519. The van der Waals surface area contributed by atoms with Gasteiger partial charge in [0.1, 0.15) is 0 Å². The number of hydrogen-bond donors (Lipinski definition) is 0. The standard InChI is InChI=1S/C19H23BrN2O2S/c1-14-11-22(9-10-24-14)12-15-3-5-16(6-4-15)19(23)21(2)13-17-7-8-18(20)25-17/h3-8,14H,9-13H2,1-2H3/t14-/m1/s1. The minimum absolute atomic E-state index is 0.0519. The van der Waals surface area contributed by atoms with Gasteiger partial charge in [0.05, 0.1) is 23.0 Å². The zero-order chi connectivity index (χ0) is 17.8. The molecule has 6 heteroatoms. The van der Waals surface area contributed by atoms with Gasteiger partial charge in [-0.3, -0.25) is 9.69 Å². The number of rotatable bonds is 5. The number of halogens is 1. The average molecular weight is 423 g/mol. The summed E-state index contributed by atoms with van der Waals surface area (Å²) in [6.45, 7) is 6.35. The molecule has 1 atom stereocenters. The molecule has 1 aliphatic heterocycles. The van der Waals surface area contributed by atoms with E-state index in [1.807, 2.05) is 31.3 Å². The van der Waals surface area contributed by atoms with Crippen LogP contribution in [0.3, 0.4) is 0 Å². The van der Waals surface area contributed by atoms with E-state index in [-0.39, 0.29) is 5.91 Å². The molecule has 3 rings (SSSR count). The molecule has 1 aromatic heterocycles. The maximum absolute atomic E-state index is 12.6. The van der Waals surface area contributed by atoms with E-state index in [4.69, 9.17) is 4.74 Å². The molecule has 0 radical (unpaired) electrons. The Labute approximate surface area is 161 Å². The van der Waals surface area contributed by atoms with Crippen LogP contribution in [-0.2, 0) is 17.8 Å². The minimum Gasteiger partial charge on any atom is -0.376 e. The first-order valence-corrected chi connectivity index (χ1v) is 10.0. The molecule has 1 aromatic carbocycles. The summed E-state index contributed by atoms with van der Waals surface area (Å²) in [6, 6.07) is 12.0. The summed E-state index contributed by atoms with van der Waals surface area (Å²) >= 11 is 5.12. The van der Waals surface area contributed by atoms with Gasteiger partial charge in [0, 0.05) is 37.1 Å². The Bertz CT molecular complexity index is 716. The number of thiophene rings is 1. The van der Waals surface area contributed by atoms with Crippen LogP contribution in [0, 0.1) is 0 Å². The summed E-state index contributed by atoms with van der Waals surface area (Å²) in [5, 5.41) is 0. The highest BCUT2D eigenvalue weighted by molar-refractivity contribution is 9.11. The van der Waals surface area contributed by atoms with Crippen molar-refractivity contribution in [1.82, 2.24) is 9.80 Å². The van der Waals surface area contributed by atoms with Crippen LogP contribution in [-0.4, -0.2) is 48.6 Å². The van der Waals surface area contributed by atoms with Crippen molar-refractivity contribution in [1.29, 1.82) is 0 Å².